The predicted octanol–water partition coefficient (Wildman–Crippen LogP) is 6.11. The van der Waals surface area contributed by atoms with Gasteiger partial charge in [0.1, 0.15) is 17.9 Å². The van der Waals surface area contributed by atoms with E-state index in [1.54, 1.807) is 19.1 Å². The molecule has 188 valence electrons. The molecule has 0 saturated carbocycles. The Morgan fingerprint density at radius 3 is 2.38 bits per heavy atom. The van der Waals surface area contributed by atoms with E-state index in [0.717, 1.165) is 4.90 Å². The molecule has 3 aromatic rings. The summed E-state index contributed by atoms with van der Waals surface area (Å²) in [5.41, 5.74) is 1.17. The Kier molecular flexibility index (Phi) is 7.49. The highest BCUT2D eigenvalue weighted by molar-refractivity contribution is 6.40. The first-order chi connectivity index (χ1) is 17.5. The lowest BCUT2D eigenvalue weighted by molar-refractivity contribution is -0.384. The molecule has 1 saturated heterocycles. The van der Waals surface area contributed by atoms with Crippen molar-refractivity contribution in [1.82, 2.24) is 5.32 Å². The minimum Gasteiger partial charge on any atom is -0.487 e. The van der Waals surface area contributed by atoms with E-state index in [2.05, 4.69) is 5.32 Å². The first kappa shape index (κ1) is 26.2. The smallest absolute Gasteiger partial charge is 0.335 e. The SMILES string of the molecule is Cc1ccc(Cl)cc1N1C(=O)NC(=O)/C(=C\c2cc(Cl)cc(Cl)c2OCc2ccc([N+](=O)[O-])cc2)C1=O. The fraction of sp³-hybridized carbons (Fsp3) is 0.0800. The number of nitrogens with one attached hydrogen (secondary N) is 1. The molecule has 37 heavy (non-hydrogen) atoms. The zero-order valence-corrected chi connectivity index (χ0v) is 21.2. The molecule has 0 spiro atoms. The van der Waals surface area contributed by atoms with Crippen LogP contribution in [0, 0.1) is 17.0 Å². The summed E-state index contributed by atoms with van der Waals surface area (Å²) >= 11 is 18.6. The molecule has 1 fully saturated rings. The fourth-order valence-electron chi connectivity index (χ4n) is 3.56. The van der Waals surface area contributed by atoms with Gasteiger partial charge in [-0.2, -0.15) is 0 Å². The minimum atomic E-state index is -0.920. The van der Waals surface area contributed by atoms with E-state index in [-0.39, 0.29) is 44.9 Å². The summed E-state index contributed by atoms with van der Waals surface area (Å²) in [5.74, 6) is -1.68. The van der Waals surface area contributed by atoms with E-state index in [4.69, 9.17) is 39.5 Å². The number of nitrogens with zero attached hydrogens (tertiary/aromatic N) is 2. The quantitative estimate of drug-likeness (QED) is 0.168. The van der Waals surface area contributed by atoms with Gasteiger partial charge in [-0.25, -0.2) is 9.69 Å². The number of hydrogen-bond donors (Lipinski definition) is 1. The Balaban J connectivity index is 1.70. The van der Waals surface area contributed by atoms with Gasteiger partial charge in [0, 0.05) is 27.7 Å². The van der Waals surface area contributed by atoms with Gasteiger partial charge in [-0.05, 0) is 60.5 Å². The number of barbiturate groups is 1. The molecule has 12 heteroatoms. The number of non-ortho nitro benzene ring substituents is 1. The molecule has 3 aromatic carbocycles. The van der Waals surface area contributed by atoms with Gasteiger partial charge in [-0.15, -0.1) is 0 Å². The number of halogens is 3. The van der Waals surface area contributed by atoms with Crippen LogP contribution in [-0.4, -0.2) is 22.8 Å². The molecule has 1 aliphatic rings. The van der Waals surface area contributed by atoms with E-state index < -0.39 is 22.8 Å². The first-order valence-electron chi connectivity index (χ1n) is 10.6. The Morgan fingerprint density at radius 2 is 1.70 bits per heavy atom. The van der Waals surface area contributed by atoms with Gasteiger partial charge in [-0.1, -0.05) is 40.9 Å². The summed E-state index contributed by atoms with van der Waals surface area (Å²) in [6, 6.07) is 12.3. The summed E-state index contributed by atoms with van der Waals surface area (Å²) in [7, 11) is 0. The van der Waals surface area contributed by atoms with Gasteiger partial charge >= 0.3 is 6.03 Å². The molecule has 1 aliphatic heterocycles. The number of benzene rings is 3. The molecule has 1 heterocycles. The Hall–Kier alpha value is -3.92. The highest BCUT2D eigenvalue weighted by atomic mass is 35.5. The molecule has 0 radical (unpaired) electrons. The zero-order chi connectivity index (χ0) is 26.9. The van der Waals surface area contributed by atoms with Crippen molar-refractivity contribution in [3.63, 3.8) is 0 Å². The zero-order valence-electron chi connectivity index (χ0n) is 19.0. The summed E-state index contributed by atoms with van der Waals surface area (Å²) in [6.45, 7) is 1.66. The van der Waals surface area contributed by atoms with Crippen LogP contribution in [0.3, 0.4) is 0 Å². The number of ether oxygens (including phenoxy) is 1. The van der Waals surface area contributed by atoms with Crippen LogP contribution in [0.15, 0.2) is 60.2 Å². The number of nitro groups is 1. The standard InChI is InChI=1S/C25H16Cl3N3O6/c1-13-2-5-16(26)11-21(13)30-24(33)19(23(32)29-25(30)34)9-15-8-17(27)10-20(28)22(15)37-12-14-3-6-18(7-4-14)31(35)36/h2-11H,12H2,1H3,(H,29,32,34)/b19-9+. The maximum atomic E-state index is 13.3. The van der Waals surface area contributed by atoms with E-state index in [1.165, 1.54) is 48.5 Å². The van der Waals surface area contributed by atoms with E-state index >= 15 is 0 Å². The van der Waals surface area contributed by atoms with E-state index in [1.807, 2.05) is 0 Å². The number of carbonyl (C=O) groups is 3. The number of nitro benzene ring substituents is 1. The van der Waals surface area contributed by atoms with Gasteiger partial charge in [-0.3, -0.25) is 25.0 Å². The van der Waals surface area contributed by atoms with Gasteiger partial charge in [0.2, 0.25) is 0 Å². The molecule has 0 aromatic heterocycles. The Bertz CT molecular complexity index is 1490. The number of carbonyl (C=O) groups excluding carboxylic acids is 3. The lowest BCUT2D eigenvalue weighted by Crippen LogP contribution is -2.54. The topological polar surface area (TPSA) is 119 Å². The molecule has 9 nitrogen and oxygen atoms in total. The number of rotatable bonds is 6. The number of anilines is 1. The molecule has 0 bridgehead atoms. The molecule has 0 aliphatic carbocycles. The van der Waals surface area contributed by atoms with Crippen molar-refractivity contribution in [1.29, 1.82) is 0 Å². The summed E-state index contributed by atoms with van der Waals surface area (Å²) in [5, 5.41) is 13.6. The van der Waals surface area contributed by atoms with Crippen molar-refractivity contribution in [2.24, 2.45) is 0 Å². The van der Waals surface area contributed by atoms with Crippen LogP contribution >= 0.6 is 34.8 Å². The molecule has 0 atom stereocenters. The van der Waals surface area contributed by atoms with Crippen molar-refractivity contribution < 1.29 is 24.0 Å². The van der Waals surface area contributed by atoms with Crippen molar-refractivity contribution in [2.45, 2.75) is 13.5 Å². The highest BCUT2D eigenvalue weighted by Crippen LogP contribution is 2.36. The second-order valence-electron chi connectivity index (χ2n) is 7.91. The summed E-state index contributed by atoms with van der Waals surface area (Å²) in [4.78, 5) is 49.7. The van der Waals surface area contributed by atoms with Gasteiger partial charge in [0.25, 0.3) is 17.5 Å². The number of aryl methyl sites for hydroxylation is 1. The predicted molar refractivity (Wildman–Crippen MR) is 139 cm³/mol. The summed E-state index contributed by atoms with van der Waals surface area (Å²) in [6.07, 6.45) is 1.22. The monoisotopic (exact) mass is 559 g/mol. The van der Waals surface area contributed by atoms with E-state index in [0.29, 0.717) is 16.1 Å². The number of urea groups is 1. The normalized spacial score (nSPS) is 14.6. The van der Waals surface area contributed by atoms with Gasteiger partial charge in [0.15, 0.2) is 0 Å². The van der Waals surface area contributed by atoms with Crippen molar-refractivity contribution in [3.05, 3.63) is 102 Å². The van der Waals surface area contributed by atoms with Crippen LogP contribution in [0.5, 0.6) is 5.75 Å². The largest absolute Gasteiger partial charge is 0.487 e. The highest BCUT2D eigenvalue weighted by Gasteiger charge is 2.37. The Morgan fingerprint density at radius 1 is 1.00 bits per heavy atom. The van der Waals surface area contributed by atoms with Crippen LogP contribution in [0.4, 0.5) is 16.2 Å². The third-order valence-electron chi connectivity index (χ3n) is 5.38. The summed E-state index contributed by atoms with van der Waals surface area (Å²) < 4.78 is 5.84. The van der Waals surface area contributed by atoms with Crippen molar-refractivity contribution in [3.8, 4) is 5.75 Å². The maximum absolute atomic E-state index is 13.3. The Labute approximate surface area is 225 Å². The van der Waals surface area contributed by atoms with Gasteiger partial charge < -0.3 is 4.74 Å². The van der Waals surface area contributed by atoms with Crippen LogP contribution in [0.1, 0.15) is 16.7 Å². The second kappa shape index (κ2) is 10.6. The lowest BCUT2D eigenvalue weighted by Gasteiger charge is -2.27. The molecule has 0 unspecified atom stereocenters. The lowest BCUT2D eigenvalue weighted by atomic mass is 10.0. The second-order valence-corrected chi connectivity index (χ2v) is 9.19. The maximum Gasteiger partial charge on any atom is 0.335 e. The van der Waals surface area contributed by atoms with Crippen LogP contribution in [0.25, 0.3) is 6.08 Å². The van der Waals surface area contributed by atoms with Crippen molar-refractivity contribution in [2.75, 3.05) is 4.90 Å². The average Bonchev–Trinajstić information content (AvgIpc) is 2.83. The van der Waals surface area contributed by atoms with E-state index in [9.17, 15) is 24.5 Å². The third-order valence-corrected chi connectivity index (χ3v) is 6.12. The fourth-order valence-corrected chi connectivity index (χ4v) is 4.29. The first-order valence-corrected chi connectivity index (χ1v) is 11.7. The number of imide groups is 2. The van der Waals surface area contributed by atoms with Crippen molar-refractivity contribution >= 4 is 70.1 Å². The number of hydrogen-bond acceptors (Lipinski definition) is 6. The molecular weight excluding hydrogens is 545 g/mol. The molecular formula is C25H16Cl3N3O6. The van der Waals surface area contributed by atoms with Gasteiger partial charge in [0.05, 0.1) is 15.6 Å². The van der Waals surface area contributed by atoms with Crippen LogP contribution in [0.2, 0.25) is 15.1 Å². The minimum absolute atomic E-state index is 0.0258. The van der Waals surface area contributed by atoms with Crippen LogP contribution in [-0.2, 0) is 16.2 Å². The third kappa shape index (κ3) is 5.59. The molecule has 4 amide bonds. The molecule has 1 N–H and O–H groups in total. The number of amides is 4. The average molecular weight is 561 g/mol. The molecule has 4 rings (SSSR count). The van der Waals surface area contributed by atoms with Crippen LogP contribution < -0.4 is 15.0 Å².